The first-order valence-electron chi connectivity index (χ1n) is 9.01. The summed E-state index contributed by atoms with van der Waals surface area (Å²) in [6.07, 6.45) is 2.25. The molecule has 8 heteroatoms. The first kappa shape index (κ1) is 19.0. The number of carbonyl (C=O) groups excluding carboxylic acids is 1. The van der Waals surface area contributed by atoms with E-state index in [0.717, 1.165) is 15.8 Å². The Morgan fingerprint density at radius 2 is 2.21 bits per heavy atom. The van der Waals surface area contributed by atoms with E-state index in [1.54, 1.807) is 35.7 Å². The van der Waals surface area contributed by atoms with Crippen LogP contribution in [-0.2, 0) is 27.6 Å². The molecule has 1 amide bonds. The number of sulfone groups is 1. The zero-order valence-corrected chi connectivity index (χ0v) is 17.1. The highest BCUT2D eigenvalue weighted by Crippen LogP contribution is 2.28. The lowest BCUT2D eigenvalue weighted by molar-refractivity contribution is -0.133. The van der Waals surface area contributed by atoms with Gasteiger partial charge in [-0.15, -0.1) is 11.3 Å². The van der Waals surface area contributed by atoms with Gasteiger partial charge in [-0.3, -0.25) is 4.79 Å². The number of hydrogen-bond donors (Lipinski definition) is 0. The molecule has 0 bridgehead atoms. The van der Waals surface area contributed by atoms with Gasteiger partial charge in [0, 0.05) is 27.9 Å². The average Bonchev–Trinajstić information content (AvgIpc) is 3.40. The highest BCUT2D eigenvalue weighted by Gasteiger charge is 2.35. The van der Waals surface area contributed by atoms with Gasteiger partial charge in [0.15, 0.2) is 9.84 Å². The van der Waals surface area contributed by atoms with Crippen LogP contribution in [0.25, 0.3) is 11.0 Å². The maximum Gasteiger partial charge on any atom is 0.227 e. The molecule has 0 saturated carbocycles. The monoisotopic (exact) mass is 419 g/mol. The number of furan rings is 1. The molecule has 4 rings (SSSR count). The maximum atomic E-state index is 13.2. The lowest BCUT2D eigenvalue weighted by Crippen LogP contribution is -2.41. The van der Waals surface area contributed by atoms with E-state index in [-0.39, 0.29) is 29.9 Å². The molecule has 0 N–H and O–H groups in total. The normalized spacial score (nSPS) is 18.4. The molecule has 28 heavy (non-hydrogen) atoms. The van der Waals surface area contributed by atoms with Crippen LogP contribution in [0.15, 0.2) is 46.4 Å². The van der Waals surface area contributed by atoms with Crippen LogP contribution in [0.2, 0.25) is 0 Å². The second kappa shape index (κ2) is 7.60. The van der Waals surface area contributed by atoms with Crippen LogP contribution in [0.4, 0.5) is 0 Å². The number of ether oxygens (including phenoxy) is 1. The number of carbonyl (C=O) groups is 1. The molecule has 1 aliphatic rings. The van der Waals surface area contributed by atoms with E-state index in [4.69, 9.17) is 9.15 Å². The van der Waals surface area contributed by atoms with Crippen LogP contribution >= 0.6 is 11.3 Å². The smallest absolute Gasteiger partial charge is 0.227 e. The zero-order chi connectivity index (χ0) is 19.7. The zero-order valence-electron chi connectivity index (χ0n) is 15.5. The highest BCUT2D eigenvalue weighted by atomic mass is 32.2. The SMILES string of the molecule is COc1ccc2c(CC(=O)N(Cc3cccs3)[C@@H]3CCS(=O)(=O)C3)coc2c1. The minimum Gasteiger partial charge on any atom is -0.497 e. The number of amides is 1. The summed E-state index contributed by atoms with van der Waals surface area (Å²) in [5.74, 6) is 0.776. The molecule has 0 aliphatic carbocycles. The number of hydrogen-bond acceptors (Lipinski definition) is 6. The van der Waals surface area contributed by atoms with Crippen molar-refractivity contribution in [2.24, 2.45) is 0 Å². The predicted molar refractivity (Wildman–Crippen MR) is 108 cm³/mol. The Balaban J connectivity index is 1.58. The van der Waals surface area contributed by atoms with E-state index in [1.807, 2.05) is 29.6 Å². The van der Waals surface area contributed by atoms with E-state index in [0.29, 0.717) is 24.3 Å². The van der Waals surface area contributed by atoms with Crippen LogP contribution in [0.3, 0.4) is 0 Å². The van der Waals surface area contributed by atoms with Crippen molar-refractivity contribution in [1.82, 2.24) is 4.90 Å². The largest absolute Gasteiger partial charge is 0.497 e. The summed E-state index contributed by atoms with van der Waals surface area (Å²) in [7, 11) is -1.49. The Hall–Kier alpha value is -2.32. The Morgan fingerprint density at radius 1 is 1.36 bits per heavy atom. The highest BCUT2D eigenvalue weighted by molar-refractivity contribution is 7.91. The van der Waals surface area contributed by atoms with Crippen LogP contribution in [0.1, 0.15) is 16.9 Å². The lowest BCUT2D eigenvalue weighted by atomic mass is 10.1. The van der Waals surface area contributed by atoms with Crippen molar-refractivity contribution in [3.05, 3.63) is 52.4 Å². The summed E-state index contributed by atoms with van der Waals surface area (Å²) in [4.78, 5) is 15.9. The van der Waals surface area contributed by atoms with Crippen LogP contribution < -0.4 is 4.74 Å². The van der Waals surface area contributed by atoms with Crippen LogP contribution in [0.5, 0.6) is 5.75 Å². The molecule has 1 atom stereocenters. The summed E-state index contributed by atoms with van der Waals surface area (Å²) < 4.78 is 34.7. The molecule has 0 radical (unpaired) electrons. The van der Waals surface area contributed by atoms with Crippen molar-refractivity contribution < 1.29 is 22.4 Å². The molecule has 1 aromatic carbocycles. The first-order valence-corrected chi connectivity index (χ1v) is 11.7. The van der Waals surface area contributed by atoms with Gasteiger partial charge in [0.2, 0.25) is 5.91 Å². The lowest BCUT2D eigenvalue weighted by Gasteiger charge is -2.28. The van der Waals surface area contributed by atoms with E-state index in [1.165, 1.54) is 0 Å². The molecular formula is C20H21NO5S2. The Kier molecular flexibility index (Phi) is 5.16. The molecule has 1 fully saturated rings. The topological polar surface area (TPSA) is 76.8 Å². The third-order valence-electron chi connectivity index (χ3n) is 5.08. The number of fused-ring (bicyclic) bond motifs is 1. The summed E-state index contributed by atoms with van der Waals surface area (Å²) >= 11 is 1.57. The van der Waals surface area contributed by atoms with Crippen LogP contribution in [-0.4, -0.2) is 43.9 Å². The van der Waals surface area contributed by atoms with Crippen LogP contribution in [0, 0.1) is 0 Å². The van der Waals surface area contributed by atoms with Crippen molar-refractivity contribution in [1.29, 1.82) is 0 Å². The van der Waals surface area contributed by atoms with Gasteiger partial charge < -0.3 is 14.1 Å². The fourth-order valence-electron chi connectivity index (χ4n) is 3.60. The second-order valence-corrected chi connectivity index (χ2v) is 10.2. The van der Waals surface area contributed by atoms with Gasteiger partial charge in [-0.1, -0.05) is 6.07 Å². The van der Waals surface area contributed by atoms with Gasteiger partial charge in [-0.25, -0.2) is 8.42 Å². The number of nitrogens with zero attached hydrogens (tertiary/aromatic N) is 1. The van der Waals surface area contributed by atoms with Gasteiger partial charge in [0.25, 0.3) is 0 Å². The van der Waals surface area contributed by atoms with E-state index in [9.17, 15) is 13.2 Å². The fraction of sp³-hybridized carbons (Fsp3) is 0.350. The number of benzene rings is 1. The summed E-state index contributed by atoms with van der Waals surface area (Å²) in [5.41, 5.74) is 1.45. The van der Waals surface area contributed by atoms with Crippen molar-refractivity contribution in [3.8, 4) is 5.75 Å². The van der Waals surface area contributed by atoms with Gasteiger partial charge in [0.1, 0.15) is 11.3 Å². The third-order valence-corrected chi connectivity index (χ3v) is 7.69. The molecule has 6 nitrogen and oxygen atoms in total. The van der Waals surface area contributed by atoms with Crippen molar-refractivity contribution >= 4 is 38.1 Å². The molecule has 2 aromatic heterocycles. The molecule has 1 aliphatic heterocycles. The van der Waals surface area contributed by atoms with Crippen molar-refractivity contribution in [2.45, 2.75) is 25.4 Å². The molecule has 1 saturated heterocycles. The Labute approximate surface area is 167 Å². The maximum absolute atomic E-state index is 13.2. The minimum atomic E-state index is -3.08. The quantitative estimate of drug-likeness (QED) is 0.613. The third kappa shape index (κ3) is 3.93. The Bertz CT molecular complexity index is 1090. The summed E-state index contributed by atoms with van der Waals surface area (Å²) in [5, 5.41) is 2.82. The molecule has 0 unspecified atom stereocenters. The molecule has 0 spiro atoms. The standard InChI is InChI=1S/C20H21NO5S2/c1-25-16-4-5-18-14(12-26-19(18)10-16)9-20(22)21(11-17-3-2-7-27-17)15-6-8-28(23,24)13-15/h2-5,7,10,12,15H,6,8-9,11,13H2,1H3/t15-/m1/s1. The minimum absolute atomic E-state index is 0.0352. The molecule has 148 valence electrons. The summed E-state index contributed by atoms with van der Waals surface area (Å²) in [6, 6.07) is 9.12. The van der Waals surface area contributed by atoms with E-state index in [2.05, 4.69) is 0 Å². The number of thiophene rings is 1. The average molecular weight is 420 g/mol. The fourth-order valence-corrected chi connectivity index (χ4v) is 6.04. The van der Waals surface area contributed by atoms with Gasteiger partial charge in [-0.05, 0) is 30.0 Å². The van der Waals surface area contributed by atoms with E-state index >= 15 is 0 Å². The number of rotatable bonds is 6. The number of methoxy groups -OCH3 is 1. The molecule has 3 aromatic rings. The molecule has 3 heterocycles. The van der Waals surface area contributed by atoms with Crippen molar-refractivity contribution in [2.75, 3.05) is 18.6 Å². The first-order chi connectivity index (χ1) is 13.4. The van der Waals surface area contributed by atoms with Gasteiger partial charge in [0.05, 0.1) is 37.8 Å². The predicted octanol–water partition coefficient (Wildman–Crippen LogP) is 3.26. The van der Waals surface area contributed by atoms with Gasteiger partial charge >= 0.3 is 0 Å². The Morgan fingerprint density at radius 3 is 2.89 bits per heavy atom. The van der Waals surface area contributed by atoms with E-state index < -0.39 is 9.84 Å². The van der Waals surface area contributed by atoms with Crippen molar-refractivity contribution in [3.63, 3.8) is 0 Å². The second-order valence-electron chi connectivity index (χ2n) is 6.96. The summed E-state index contributed by atoms with van der Waals surface area (Å²) in [6.45, 7) is 0.431. The van der Waals surface area contributed by atoms with Gasteiger partial charge in [-0.2, -0.15) is 0 Å². The molecular weight excluding hydrogens is 398 g/mol.